The number of hydrogen-bond acceptors (Lipinski definition) is 3. The lowest BCUT2D eigenvalue weighted by Gasteiger charge is -1.89. The van der Waals surface area contributed by atoms with E-state index in [4.69, 9.17) is 20.4 Å². The quantitative estimate of drug-likeness (QED) is 0.660. The van der Waals surface area contributed by atoms with Gasteiger partial charge in [0.1, 0.15) is 5.58 Å². The van der Waals surface area contributed by atoms with Crippen LogP contribution in [0, 0.1) is 0 Å². The van der Waals surface area contributed by atoms with Gasteiger partial charge < -0.3 is 8.83 Å². The molecule has 0 saturated heterocycles. The minimum absolute atomic E-state index is 0.500. The molecule has 0 radical (unpaired) electrons. The molecular weight excluding hydrogens is 238 g/mol. The van der Waals surface area contributed by atoms with Gasteiger partial charge in [-0.05, 0) is 12.1 Å². The van der Waals surface area contributed by atoms with Gasteiger partial charge in [0.05, 0.1) is 6.20 Å². The van der Waals surface area contributed by atoms with Crippen LogP contribution >= 0.6 is 11.6 Å². The molecule has 0 unspecified atom stereocenters. The molecule has 0 amide bonds. The van der Waals surface area contributed by atoms with Crippen molar-refractivity contribution in [1.82, 2.24) is 4.98 Å². The van der Waals surface area contributed by atoms with Crippen LogP contribution in [-0.4, -0.2) is 10.9 Å². The number of benzene rings is 1. The first kappa shape index (κ1) is 10.4. The number of halogens is 1. The Bertz CT molecular complexity index is 608. The van der Waals surface area contributed by atoms with Gasteiger partial charge in [-0.25, -0.2) is 4.98 Å². The van der Waals surface area contributed by atoms with Crippen molar-refractivity contribution in [2.45, 2.75) is 6.42 Å². The lowest BCUT2D eigenvalue weighted by Crippen LogP contribution is -1.83. The van der Waals surface area contributed by atoms with Crippen molar-refractivity contribution in [2.75, 3.05) is 5.88 Å². The minimum atomic E-state index is 0.500. The second-order valence-corrected chi connectivity index (χ2v) is 4.08. The number of fused-ring (bicyclic) bond motifs is 1. The Balaban J connectivity index is 2.01. The van der Waals surface area contributed by atoms with Crippen LogP contribution in [0.4, 0.5) is 0 Å². The van der Waals surface area contributed by atoms with E-state index in [9.17, 15) is 0 Å². The van der Waals surface area contributed by atoms with E-state index >= 15 is 0 Å². The third kappa shape index (κ3) is 1.94. The second kappa shape index (κ2) is 4.26. The fraction of sp³-hybridized carbons (Fsp3) is 0.154. The Hall–Kier alpha value is -1.74. The fourth-order valence-corrected chi connectivity index (χ4v) is 1.89. The highest BCUT2D eigenvalue weighted by Gasteiger charge is 2.10. The van der Waals surface area contributed by atoms with Crippen molar-refractivity contribution in [3.05, 3.63) is 42.4 Å². The van der Waals surface area contributed by atoms with Crippen molar-refractivity contribution in [1.29, 1.82) is 0 Å². The molecule has 0 aliphatic rings. The average molecular weight is 248 g/mol. The number of nitrogens with zero attached hydrogens (tertiary/aromatic N) is 1. The summed E-state index contributed by atoms with van der Waals surface area (Å²) >= 11 is 5.63. The molecule has 3 rings (SSSR count). The van der Waals surface area contributed by atoms with Crippen LogP contribution in [0.25, 0.3) is 22.5 Å². The Morgan fingerprint density at radius 1 is 1.12 bits per heavy atom. The summed E-state index contributed by atoms with van der Waals surface area (Å²) in [5, 5.41) is 1.05. The lowest BCUT2D eigenvalue weighted by molar-refractivity contribution is 0.495. The summed E-state index contributed by atoms with van der Waals surface area (Å²) in [6.07, 6.45) is 2.29. The van der Waals surface area contributed by atoms with Gasteiger partial charge in [0.25, 0.3) is 0 Å². The zero-order chi connectivity index (χ0) is 11.7. The molecule has 0 spiro atoms. The Morgan fingerprint density at radius 2 is 2.00 bits per heavy atom. The maximum Gasteiger partial charge on any atom is 0.196 e. The Labute approximate surface area is 103 Å². The molecule has 0 atom stereocenters. The maximum absolute atomic E-state index is 5.68. The molecule has 0 saturated carbocycles. The van der Waals surface area contributed by atoms with Crippen LogP contribution in [0.15, 0.2) is 45.4 Å². The van der Waals surface area contributed by atoms with Crippen LogP contribution in [0.5, 0.6) is 0 Å². The first-order valence-electron chi connectivity index (χ1n) is 5.36. The van der Waals surface area contributed by atoms with Gasteiger partial charge in [0.2, 0.25) is 0 Å². The van der Waals surface area contributed by atoms with Crippen molar-refractivity contribution < 1.29 is 8.83 Å². The van der Waals surface area contributed by atoms with Crippen molar-refractivity contribution in [2.24, 2.45) is 0 Å². The molecule has 86 valence electrons. The predicted molar refractivity (Wildman–Crippen MR) is 66.1 cm³/mol. The van der Waals surface area contributed by atoms with Crippen LogP contribution in [-0.2, 0) is 6.42 Å². The van der Waals surface area contributed by atoms with Gasteiger partial charge in [-0.2, -0.15) is 0 Å². The van der Waals surface area contributed by atoms with Crippen molar-refractivity contribution >= 4 is 22.6 Å². The molecule has 2 heterocycles. The van der Waals surface area contributed by atoms with Gasteiger partial charge in [-0.3, -0.25) is 0 Å². The van der Waals surface area contributed by atoms with Gasteiger partial charge in [0.15, 0.2) is 17.4 Å². The van der Waals surface area contributed by atoms with Crippen LogP contribution in [0.1, 0.15) is 5.89 Å². The minimum Gasteiger partial charge on any atom is -0.453 e. The summed E-state index contributed by atoms with van der Waals surface area (Å²) in [6.45, 7) is 0. The van der Waals surface area contributed by atoms with Gasteiger partial charge >= 0.3 is 0 Å². The first-order valence-corrected chi connectivity index (χ1v) is 5.90. The number of aromatic nitrogens is 1. The first-order chi connectivity index (χ1) is 8.36. The number of alkyl halides is 1. The molecule has 0 bridgehead atoms. The number of aryl methyl sites for hydroxylation is 1. The number of hydrogen-bond donors (Lipinski definition) is 0. The molecule has 3 aromatic rings. The van der Waals surface area contributed by atoms with Gasteiger partial charge in [-0.1, -0.05) is 18.2 Å². The van der Waals surface area contributed by atoms with Crippen LogP contribution in [0.2, 0.25) is 0 Å². The third-order valence-electron chi connectivity index (χ3n) is 2.53. The summed E-state index contributed by atoms with van der Waals surface area (Å²) in [6, 6.07) is 9.78. The summed E-state index contributed by atoms with van der Waals surface area (Å²) < 4.78 is 11.2. The lowest BCUT2D eigenvalue weighted by atomic mass is 10.2. The van der Waals surface area contributed by atoms with E-state index in [1.165, 1.54) is 0 Å². The predicted octanol–water partition coefficient (Wildman–Crippen LogP) is 3.87. The molecular formula is C13H10ClNO2. The monoisotopic (exact) mass is 247 g/mol. The van der Waals surface area contributed by atoms with E-state index in [2.05, 4.69) is 4.98 Å². The molecule has 17 heavy (non-hydrogen) atoms. The average Bonchev–Trinajstić information content (AvgIpc) is 2.94. The summed E-state index contributed by atoms with van der Waals surface area (Å²) in [5.74, 6) is 2.47. The van der Waals surface area contributed by atoms with Crippen LogP contribution in [0.3, 0.4) is 0 Å². The summed E-state index contributed by atoms with van der Waals surface area (Å²) in [7, 11) is 0. The molecule has 0 aliphatic carbocycles. The number of furan rings is 1. The largest absolute Gasteiger partial charge is 0.453 e. The van der Waals surface area contributed by atoms with Gasteiger partial charge in [0, 0.05) is 17.7 Å². The molecule has 1 aromatic carbocycles. The van der Waals surface area contributed by atoms with Crippen LogP contribution < -0.4 is 0 Å². The van der Waals surface area contributed by atoms with E-state index in [1.54, 1.807) is 6.20 Å². The molecule has 4 heteroatoms. The smallest absolute Gasteiger partial charge is 0.196 e. The number of oxazole rings is 1. The standard InChI is InChI=1S/C13H10ClNO2/c14-6-5-13-15-8-12(17-13)11-7-9-3-1-2-4-10(9)16-11/h1-4,7-8H,5-6H2. The molecule has 3 nitrogen and oxygen atoms in total. The Morgan fingerprint density at radius 3 is 2.82 bits per heavy atom. The van der Waals surface area contributed by atoms with Gasteiger partial charge in [-0.15, -0.1) is 11.6 Å². The fourth-order valence-electron chi connectivity index (χ4n) is 1.72. The molecule has 0 fully saturated rings. The summed E-state index contributed by atoms with van der Waals surface area (Å²) in [4.78, 5) is 4.14. The zero-order valence-corrected chi connectivity index (χ0v) is 9.78. The number of rotatable bonds is 3. The van der Waals surface area contributed by atoms with E-state index < -0.39 is 0 Å². The van der Waals surface area contributed by atoms with E-state index in [0.29, 0.717) is 29.7 Å². The highest BCUT2D eigenvalue weighted by Crippen LogP contribution is 2.28. The van der Waals surface area contributed by atoms with E-state index in [0.717, 1.165) is 11.0 Å². The molecule has 2 aromatic heterocycles. The summed E-state index contributed by atoms with van der Waals surface area (Å²) in [5.41, 5.74) is 0.845. The number of para-hydroxylation sites is 1. The molecule has 0 N–H and O–H groups in total. The van der Waals surface area contributed by atoms with Crippen molar-refractivity contribution in [3.63, 3.8) is 0 Å². The maximum atomic E-state index is 5.68. The second-order valence-electron chi connectivity index (χ2n) is 3.71. The van der Waals surface area contributed by atoms with Crippen molar-refractivity contribution in [3.8, 4) is 11.5 Å². The molecule has 0 aliphatic heterocycles. The topological polar surface area (TPSA) is 39.2 Å². The zero-order valence-electron chi connectivity index (χ0n) is 9.02. The van der Waals surface area contributed by atoms with E-state index in [1.807, 2.05) is 30.3 Å². The third-order valence-corrected chi connectivity index (χ3v) is 2.72. The normalized spacial score (nSPS) is 11.1. The Kier molecular flexibility index (Phi) is 2.61. The SMILES string of the molecule is ClCCc1ncc(-c2cc3ccccc3o2)o1. The highest BCUT2D eigenvalue weighted by atomic mass is 35.5. The highest BCUT2D eigenvalue weighted by molar-refractivity contribution is 6.17. The van der Waals surface area contributed by atoms with E-state index in [-0.39, 0.29) is 0 Å².